The van der Waals surface area contributed by atoms with Crippen molar-refractivity contribution in [3.8, 4) is 0 Å². The molecule has 1 aliphatic carbocycles. The highest BCUT2D eigenvalue weighted by molar-refractivity contribution is 4.93. The molecule has 3 heteroatoms. The Morgan fingerprint density at radius 2 is 1.90 bits per heavy atom. The number of ether oxygens (including phenoxy) is 1. The summed E-state index contributed by atoms with van der Waals surface area (Å²) in [5.41, 5.74) is 0. The van der Waals surface area contributed by atoms with Crippen molar-refractivity contribution in [1.82, 2.24) is 10.2 Å². The van der Waals surface area contributed by atoms with Crippen LogP contribution in [0.5, 0.6) is 0 Å². The quantitative estimate of drug-likeness (QED) is 0.658. The Balaban J connectivity index is 2.66. The molecule has 4 unspecified atom stereocenters. The second-order valence-electron chi connectivity index (χ2n) is 6.43. The van der Waals surface area contributed by atoms with Gasteiger partial charge in [-0.15, -0.1) is 0 Å². The Hall–Kier alpha value is -0.120. The molecule has 1 aliphatic rings. The van der Waals surface area contributed by atoms with Gasteiger partial charge in [-0.3, -0.25) is 4.90 Å². The summed E-state index contributed by atoms with van der Waals surface area (Å²) in [4.78, 5) is 2.64. The summed E-state index contributed by atoms with van der Waals surface area (Å²) in [6.07, 6.45) is 3.90. The number of hydrogen-bond donors (Lipinski definition) is 1. The monoisotopic (exact) mass is 284 g/mol. The molecule has 1 saturated carbocycles. The molecule has 0 bridgehead atoms. The van der Waals surface area contributed by atoms with E-state index in [1.165, 1.54) is 19.3 Å². The number of likely N-dealkylation sites (N-methyl/N-ethyl adjacent to an activating group) is 1. The molecule has 0 spiro atoms. The fraction of sp³-hybridized carbons (Fsp3) is 1.00. The molecule has 0 aromatic rings. The fourth-order valence-electron chi connectivity index (χ4n) is 3.83. The third-order valence-electron chi connectivity index (χ3n) is 4.64. The van der Waals surface area contributed by atoms with Gasteiger partial charge in [-0.2, -0.15) is 0 Å². The Labute approximate surface area is 126 Å². The van der Waals surface area contributed by atoms with Crippen LogP contribution in [0.3, 0.4) is 0 Å². The lowest BCUT2D eigenvalue weighted by Crippen LogP contribution is -2.57. The summed E-state index contributed by atoms with van der Waals surface area (Å²) < 4.78 is 5.57. The maximum absolute atomic E-state index is 5.57. The first-order chi connectivity index (χ1) is 9.63. The van der Waals surface area contributed by atoms with Crippen molar-refractivity contribution in [3.63, 3.8) is 0 Å². The molecule has 0 aromatic heterocycles. The van der Waals surface area contributed by atoms with Gasteiger partial charge in [0.1, 0.15) is 0 Å². The largest absolute Gasteiger partial charge is 0.380 e. The fourth-order valence-corrected chi connectivity index (χ4v) is 3.83. The van der Waals surface area contributed by atoms with Gasteiger partial charge < -0.3 is 10.1 Å². The summed E-state index contributed by atoms with van der Waals surface area (Å²) in [5.74, 6) is 1.62. The van der Waals surface area contributed by atoms with E-state index >= 15 is 0 Å². The maximum atomic E-state index is 5.57. The van der Waals surface area contributed by atoms with Crippen molar-refractivity contribution in [3.05, 3.63) is 0 Å². The predicted molar refractivity (Wildman–Crippen MR) is 87.2 cm³/mol. The van der Waals surface area contributed by atoms with Crippen LogP contribution in [0.15, 0.2) is 0 Å². The number of nitrogens with one attached hydrogen (secondary N) is 1. The number of nitrogens with zero attached hydrogens (tertiary/aromatic N) is 1. The van der Waals surface area contributed by atoms with Crippen molar-refractivity contribution in [1.29, 1.82) is 0 Å². The molecule has 3 nitrogen and oxygen atoms in total. The van der Waals surface area contributed by atoms with E-state index in [0.29, 0.717) is 12.1 Å². The van der Waals surface area contributed by atoms with Gasteiger partial charge >= 0.3 is 0 Å². The third kappa shape index (κ3) is 5.34. The normalized spacial score (nSPS) is 30.9. The van der Waals surface area contributed by atoms with Crippen LogP contribution >= 0.6 is 0 Å². The number of rotatable bonds is 9. The summed E-state index contributed by atoms with van der Waals surface area (Å²) in [7, 11) is 0. The minimum absolute atomic E-state index is 0.648. The van der Waals surface area contributed by atoms with Gasteiger partial charge in [0.25, 0.3) is 0 Å². The molecule has 0 heterocycles. The molecule has 20 heavy (non-hydrogen) atoms. The van der Waals surface area contributed by atoms with Crippen LogP contribution in [0.1, 0.15) is 53.9 Å². The topological polar surface area (TPSA) is 24.5 Å². The summed E-state index contributed by atoms with van der Waals surface area (Å²) in [5, 5.41) is 3.80. The SMILES string of the molecule is CCCNC1CC(C)CC(C)C1N(CC)CCOCC. The molecule has 0 aliphatic heterocycles. The lowest BCUT2D eigenvalue weighted by Gasteiger charge is -2.46. The van der Waals surface area contributed by atoms with Gasteiger partial charge in [-0.25, -0.2) is 0 Å². The molecule has 0 saturated heterocycles. The molecular formula is C17H36N2O. The van der Waals surface area contributed by atoms with Crippen LogP contribution in [0.2, 0.25) is 0 Å². The summed E-state index contributed by atoms with van der Waals surface area (Å²) >= 11 is 0. The Kier molecular flexibility index (Phi) is 8.74. The number of hydrogen-bond acceptors (Lipinski definition) is 3. The van der Waals surface area contributed by atoms with E-state index < -0.39 is 0 Å². The van der Waals surface area contributed by atoms with E-state index in [2.05, 4.69) is 44.8 Å². The molecule has 0 aromatic carbocycles. The first-order valence-corrected chi connectivity index (χ1v) is 8.69. The van der Waals surface area contributed by atoms with Crippen LogP contribution < -0.4 is 5.32 Å². The van der Waals surface area contributed by atoms with E-state index in [9.17, 15) is 0 Å². The molecule has 4 atom stereocenters. The van der Waals surface area contributed by atoms with Gasteiger partial charge in [0.05, 0.1) is 6.61 Å². The van der Waals surface area contributed by atoms with E-state index in [0.717, 1.165) is 44.7 Å². The van der Waals surface area contributed by atoms with Crippen molar-refractivity contribution in [2.45, 2.75) is 66.0 Å². The summed E-state index contributed by atoms with van der Waals surface area (Å²) in [6, 6.07) is 1.32. The van der Waals surface area contributed by atoms with E-state index in [-0.39, 0.29) is 0 Å². The van der Waals surface area contributed by atoms with E-state index in [4.69, 9.17) is 4.74 Å². The minimum Gasteiger partial charge on any atom is -0.380 e. The molecule has 1 rings (SSSR count). The first kappa shape index (κ1) is 17.9. The Bertz CT molecular complexity index is 247. The molecule has 1 N–H and O–H groups in total. The van der Waals surface area contributed by atoms with Crippen LogP contribution in [-0.4, -0.2) is 49.8 Å². The van der Waals surface area contributed by atoms with Crippen molar-refractivity contribution < 1.29 is 4.74 Å². The smallest absolute Gasteiger partial charge is 0.0593 e. The molecule has 120 valence electrons. The Morgan fingerprint density at radius 1 is 1.15 bits per heavy atom. The highest BCUT2D eigenvalue weighted by atomic mass is 16.5. The van der Waals surface area contributed by atoms with Gasteiger partial charge in [0.2, 0.25) is 0 Å². The average molecular weight is 284 g/mol. The minimum atomic E-state index is 0.648. The lowest BCUT2D eigenvalue weighted by atomic mass is 9.75. The van der Waals surface area contributed by atoms with E-state index in [1.54, 1.807) is 0 Å². The lowest BCUT2D eigenvalue weighted by molar-refractivity contribution is 0.0374. The Morgan fingerprint density at radius 3 is 2.50 bits per heavy atom. The van der Waals surface area contributed by atoms with Crippen LogP contribution in [0, 0.1) is 11.8 Å². The maximum Gasteiger partial charge on any atom is 0.0593 e. The zero-order chi connectivity index (χ0) is 15.0. The molecule has 1 fully saturated rings. The summed E-state index contributed by atoms with van der Waals surface area (Å²) in [6.45, 7) is 16.5. The van der Waals surface area contributed by atoms with Crippen LogP contribution in [0.4, 0.5) is 0 Å². The molecule has 0 radical (unpaired) electrons. The van der Waals surface area contributed by atoms with Crippen molar-refractivity contribution in [2.75, 3.05) is 32.8 Å². The van der Waals surface area contributed by atoms with Gasteiger partial charge in [-0.1, -0.05) is 27.7 Å². The average Bonchev–Trinajstić information content (AvgIpc) is 2.42. The second kappa shape index (κ2) is 9.75. The van der Waals surface area contributed by atoms with Crippen molar-refractivity contribution in [2.24, 2.45) is 11.8 Å². The highest BCUT2D eigenvalue weighted by Crippen LogP contribution is 2.32. The van der Waals surface area contributed by atoms with Crippen molar-refractivity contribution >= 4 is 0 Å². The van der Waals surface area contributed by atoms with E-state index in [1.807, 2.05) is 0 Å². The second-order valence-corrected chi connectivity index (χ2v) is 6.43. The standard InChI is InChI=1S/C17H36N2O/c1-6-9-18-16-13-14(4)12-15(5)17(16)19(7-2)10-11-20-8-3/h14-18H,6-13H2,1-5H3. The van der Waals surface area contributed by atoms with Crippen LogP contribution in [0.25, 0.3) is 0 Å². The molecular weight excluding hydrogens is 248 g/mol. The highest BCUT2D eigenvalue weighted by Gasteiger charge is 2.36. The van der Waals surface area contributed by atoms with Gasteiger partial charge in [0.15, 0.2) is 0 Å². The first-order valence-electron chi connectivity index (χ1n) is 8.69. The predicted octanol–water partition coefficient (Wildman–Crippen LogP) is 3.15. The van der Waals surface area contributed by atoms with Crippen LogP contribution in [-0.2, 0) is 4.74 Å². The van der Waals surface area contributed by atoms with Gasteiger partial charge in [-0.05, 0) is 51.1 Å². The zero-order valence-corrected chi connectivity index (χ0v) is 14.3. The third-order valence-corrected chi connectivity index (χ3v) is 4.64. The zero-order valence-electron chi connectivity index (χ0n) is 14.3. The molecule has 0 amide bonds. The van der Waals surface area contributed by atoms with Gasteiger partial charge in [0, 0.05) is 25.2 Å².